The van der Waals surface area contributed by atoms with Gasteiger partial charge in [-0.05, 0) is 36.6 Å². The number of hydrogen-bond acceptors (Lipinski definition) is 3. The fraction of sp³-hybridized carbons (Fsp3) is 0.316. The highest BCUT2D eigenvalue weighted by Gasteiger charge is 2.31. The molecule has 1 amide bonds. The van der Waals surface area contributed by atoms with Gasteiger partial charge in [0.1, 0.15) is 5.75 Å². The molecule has 0 saturated carbocycles. The van der Waals surface area contributed by atoms with E-state index in [1.54, 1.807) is 0 Å². The Morgan fingerprint density at radius 3 is 2.83 bits per heavy atom. The van der Waals surface area contributed by atoms with E-state index in [4.69, 9.17) is 4.74 Å². The summed E-state index contributed by atoms with van der Waals surface area (Å²) in [5, 5.41) is 13.0. The van der Waals surface area contributed by atoms with Crippen LogP contribution < -0.4 is 10.1 Å². The van der Waals surface area contributed by atoms with Crippen LogP contribution in [-0.2, 0) is 11.2 Å². The maximum atomic E-state index is 12.2. The number of rotatable bonds is 4. The Bertz CT molecular complexity index is 726. The zero-order valence-corrected chi connectivity index (χ0v) is 13.4. The van der Waals surface area contributed by atoms with Crippen molar-refractivity contribution >= 4 is 5.91 Å². The van der Waals surface area contributed by atoms with Crippen LogP contribution in [0.2, 0.25) is 0 Å². The summed E-state index contributed by atoms with van der Waals surface area (Å²) < 4.78 is 5.59. The molecule has 1 aliphatic rings. The average Bonchev–Trinajstić information content (AvgIpc) is 2.82. The number of carbonyl (C=O) groups excluding carboxylic acids is 1. The molecule has 2 N–H and O–H groups in total. The summed E-state index contributed by atoms with van der Waals surface area (Å²) in [6.45, 7) is 3.91. The molecule has 2 aromatic carbocycles. The lowest BCUT2D eigenvalue weighted by atomic mass is 10.1. The number of fused-ring (bicyclic) bond motifs is 1. The van der Waals surface area contributed by atoms with E-state index in [1.165, 1.54) is 0 Å². The normalized spacial score (nSPS) is 19.3. The van der Waals surface area contributed by atoms with Crippen molar-refractivity contribution in [2.75, 3.05) is 6.61 Å². The van der Waals surface area contributed by atoms with Crippen LogP contribution in [-0.4, -0.2) is 23.7 Å². The van der Waals surface area contributed by atoms with E-state index in [0.717, 1.165) is 22.3 Å². The Labute approximate surface area is 136 Å². The Hall–Kier alpha value is -2.33. The summed E-state index contributed by atoms with van der Waals surface area (Å²) in [6, 6.07) is 13.3. The second-order valence-corrected chi connectivity index (χ2v) is 6.07. The average molecular weight is 311 g/mol. The van der Waals surface area contributed by atoms with E-state index in [1.807, 2.05) is 56.3 Å². The molecule has 3 rings (SSSR count). The van der Waals surface area contributed by atoms with Crippen LogP contribution in [0.3, 0.4) is 0 Å². The van der Waals surface area contributed by atoms with Crippen molar-refractivity contribution in [3.05, 3.63) is 64.7 Å². The summed E-state index contributed by atoms with van der Waals surface area (Å²) in [4.78, 5) is 12.2. The van der Waals surface area contributed by atoms with Gasteiger partial charge in [-0.1, -0.05) is 42.0 Å². The number of aliphatic hydroxyl groups excluding tert-OH is 1. The lowest BCUT2D eigenvalue weighted by Crippen LogP contribution is -2.36. The SMILES string of the molecule is Cc1ccc(OCC(=O)NC2c3ccccc3CC2O)c(C)c1. The predicted octanol–water partition coefficient (Wildman–Crippen LogP) is 2.46. The molecule has 2 unspecified atom stereocenters. The second-order valence-electron chi connectivity index (χ2n) is 6.07. The number of ether oxygens (including phenoxy) is 1. The van der Waals surface area contributed by atoms with Gasteiger partial charge in [0.15, 0.2) is 6.61 Å². The molecule has 4 heteroatoms. The Balaban J connectivity index is 1.62. The minimum atomic E-state index is -0.586. The van der Waals surface area contributed by atoms with Gasteiger partial charge in [0.25, 0.3) is 5.91 Å². The topological polar surface area (TPSA) is 58.6 Å². The quantitative estimate of drug-likeness (QED) is 0.912. The highest BCUT2D eigenvalue weighted by molar-refractivity contribution is 5.78. The first-order chi connectivity index (χ1) is 11.0. The molecule has 0 aromatic heterocycles. The van der Waals surface area contributed by atoms with Gasteiger partial charge in [0.05, 0.1) is 12.1 Å². The van der Waals surface area contributed by atoms with Crippen LogP contribution in [0.5, 0.6) is 5.75 Å². The Morgan fingerprint density at radius 1 is 1.26 bits per heavy atom. The molecule has 2 aromatic rings. The molecule has 4 nitrogen and oxygen atoms in total. The number of carbonyl (C=O) groups is 1. The monoisotopic (exact) mass is 311 g/mol. The van der Waals surface area contributed by atoms with E-state index in [9.17, 15) is 9.90 Å². The van der Waals surface area contributed by atoms with E-state index < -0.39 is 6.10 Å². The fourth-order valence-corrected chi connectivity index (χ4v) is 3.07. The van der Waals surface area contributed by atoms with Gasteiger partial charge in [-0.25, -0.2) is 0 Å². The number of nitrogens with one attached hydrogen (secondary N) is 1. The molecular weight excluding hydrogens is 290 g/mol. The summed E-state index contributed by atoms with van der Waals surface area (Å²) in [5.41, 5.74) is 4.23. The highest BCUT2D eigenvalue weighted by Crippen LogP contribution is 2.31. The molecule has 1 aliphatic carbocycles. The van der Waals surface area contributed by atoms with Crippen LogP contribution >= 0.6 is 0 Å². The van der Waals surface area contributed by atoms with Crippen molar-refractivity contribution in [2.24, 2.45) is 0 Å². The molecule has 0 radical (unpaired) electrons. The lowest BCUT2D eigenvalue weighted by Gasteiger charge is -2.18. The largest absolute Gasteiger partial charge is 0.484 e. The van der Waals surface area contributed by atoms with Crippen LogP contribution in [0.4, 0.5) is 0 Å². The minimum absolute atomic E-state index is 0.0602. The van der Waals surface area contributed by atoms with Crippen molar-refractivity contribution in [1.29, 1.82) is 0 Å². The standard InChI is InChI=1S/C19H21NO3/c1-12-7-8-17(13(2)9-12)23-11-18(22)20-19-15-6-4-3-5-14(15)10-16(19)21/h3-9,16,19,21H,10-11H2,1-2H3,(H,20,22). The van der Waals surface area contributed by atoms with Gasteiger partial charge < -0.3 is 15.2 Å². The van der Waals surface area contributed by atoms with Gasteiger partial charge in [-0.3, -0.25) is 4.79 Å². The molecule has 0 aliphatic heterocycles. The maximum absolute atomic E-state index is 12.2. The van der Waals surface area contributed by atoms with Crippen LogP contribution in [0.15, 0.2) is 42.5 Å². The predicted molar refractivity (Wildman–Crippen MR) is 88.4 cm³/mol. The number of amides is 1. The molecule has 0 heterocycles. The summed E-state index contributed by atoms with van der Waals surface area (Å²) in [5.74, 6) is 0.476. The third-order valence-corrected chi connectivity index (χ3v) is 4.21. The smallest absolute Gasteiger partial charge is 0.258 e. The van der Waals surface area contributed by atoms with Crippen LogP contribution in [0.25, 0.3) is 0 Å². The maximum Gasteiger partial charge on any atom is 0.258 e. The van der Waals surface area contributed by atoms with Crippen LogP contribution in [0, 0.1) is 13.8 Å². The molecule has 120 valence electrons. The van der Waals surface area contributed by atoms with Gasteiger partial charge >= 0.3 is 0 Å². The van der Waals surface area contributed by atoms with E-state index in [0.29, 0.717) is 12.2 Å². The van der Waals surface area contributed by atoms with Crippen molar-refractivity contribution in [3.63, 3.8) is 0 Å². The first kappa shape index (κ1) is 15.6. The number of aryl methyl sites for hydroxylation is 2. The molecule has 0 bridgehead atoms. The number of aliphatic hydroxyl groups is 1. The molecule has 0 spiro atoms. The Kier molecular flexibility index (Phi) is 4.35. The summed E-state index contributed by atoms with van der Waals surface area (Å²) in [6.07, 6.45) is -0.0172. The van der Waals surface area contributed by atoms with Gasteiger partial charge in [-0.2, -0.15) is 0 Å². The van der Waals surface area contributed by atoms with Crippen molar-refractivity contribution < 1.29 is 14.6 Å². The lowest BCUT2D eigenvalue weighted by molar-refractivity contribution is -0.124. The molecule has 0 fully saturated rings. The minimum Gasteiger partial charge on any atom is -0.484 e. The fourth-order valence-electron chi connectivity index (χ4n) is 3.07. The molecule has 23 heavy (non-hydrogen) atoms. The van der Waals surface area contributed by atoms with Gasteiger partial charge in [0.2, 0.25) is 0 Å². The van der Waals surface area contributed by atoms with Gasteiger partial charge in [-0.15, -0.1) is 0 Å². The van der Waals surface area contributed by atoms with Crippen LogP contribution in [0.1, 0.15) is 28.3 Å². The Morgan fingerprint density at radius 2 is 2.04 bits per heavy atom. The second kappa shape index (κ2) is 6.42. The number of benzene rings is 2. The number of hydrogen-bond donors (Lipinski definition) is 2. The summed E-state index contributed by atoms with van der Waals surface area (Å²) in [7, 11) is 0. The molecule has 2 atom stereocenters. The van der Waals surface area contributed by atoms with Crippen molar-refractivity contribution in [2.45, 2.75) is 32.4 Å². The van der Waals surface area contributed by atoms with Crippen molar-refractivity contribution in [1.82, 2.24) is 5.32 Å². The highest BCUT2D eigenvalue weighted by atomic mass is 16.5. The third kappa shape index (κ3) is 3.37. The zero-order valence-electron chi connectivity index (χ0n) is 13.4. The van der Waals surface area contributed by atoms with Crippen molar-refractivity contribution in [3.8, 4) is 5.75 Å². The van der Waals surface area contributed by atoms with E-state index in [-0.39, 0.29) is 18.6 Å². The van der Waals surface area contributed by atoms with E-state index in [2.05, 4.69) is 5.32 Å². The first-order valence-electron chi connectivity index (χ1n) is 7.80. The summed E-state index contributed by atoms with van der Waals surface area (Å²) >= 11 is 0. The molecule has 0 saturated heterocycles. The van der Waals surface area contributed by atoms with Gasteiger partial charge in [0, 0.05) is 6.42 Å². The molecular formula is C19H21NO3. The zero-order chi connectivity index (χ0) is 16.4. The first-order valence-corrected chi connectivity index (χ1v) is 7.80. The van der Waals surface area contributed by atoms with E-state index >= 15 is 0 Å². The third-order valence-electron chi connectivity index (χ3n) is 4.21.